The van der Waals surface area contributed by atoms with Crippen LogP contribution in [0.25, 0.3) is 5.69 Å². The molecule has 3 heterocycles. The van der Waals surface area contributed by atoms with E-state index in [1.165, 1.54) is 10.6 Å². The van der Waals surface area contributed by atoms with E-state index in [4.69, 9.17) is 37.9 Å². The number of aromatic nitrogens is 3. The minimum atomic E-state index is -0.445. The maximum atomic E-state index is 13.2. The lowest BCUT2D eigenvalue weighted by atomic mass is 10.0. The van der Waals surface area contributed by atoms with E-state index < -0.39 is 6.09 Å². The summed E-state index contributed by atoms with van der Waals surface area (Å²) >= 11 is 14.2. The normalized spacial score (nSPS) is 21.2. The Hall–Kier alpha value is -3.40. The molecule has 4 aromatic rings. The Morgan fingerprint density at radius 3 is 2.52 bits per heavy atom. The van der Waals surface area contributed by atoms with Gasteiger partial charge < -0.3 is 15.0 Å². The SMILES string of the molecule is Cc1csc(C2(COC(=O)NCc3ccccc3)C3CN(c4cc(=O)n(-c5cccc(Cl)c5Cl)c(C)n4)CC32)n1. The number of fused-ring (bicyclic) bond motifs is 1. The van der Waals surface area contributed by atoms with E-state index in [0.29, 0.717) is 47.0 Å². The van der Waals surface area contributed by atoms with E-state index in [-0.39, 0.29) is 29.4 Å². The van der Waals surface area contributed by atoms with Crippen molar-refractivity contribution in [3.8, 4) is 5.69 Å². The number of hydrogen-bond donors (Lipinski definition) is 1. The first-order chi connectivity index (χ1) is 19.3. The average molecular weight is 597 g/mol. The van der Waals surface area contributed by atoms with Gasteiger partial charge in [0, 0.05) is 36.8 Å². The first-order valence-electron chi connectivity index (χ1n) is 12.9. The van der Waals surface area contributed by atoms with Crippen LogP contribution < -0.4 is 15.8 Å². The highest BCUT2D eigenvalue weighted by Gasteiger charge is 2.71. The van der Waals surface area contributed by atoms with Gasteiger partial charge in [-0.2, -0.15) is 0 Å². The molecule has 8 nitrogen and oxygen atoms in total. The van der Waals surface area contributed by atoms with Gasteiger partial charge in [-0.25, -0.2) is 14.8 Å². The van der Waals surface area contributed by atoms with E-state index in [2.05, 4.69) is 10.2 Å². The summed E-state index contributed by atoms with van der Waals surface area (Å²) in [5.74, 6) is 1.60. The summed E-state index contributed by atoms with van der Waals surface area (Å²) in [4.78, 5) is 37.4. The lowest BCUT2D eigenvalue weighted by Crippen LogP contribution is -2.36. The van der Waals surface area contributed by atoms with Gasteiger partial charge in [-0.15, -0.1) is 11.3 Å². The molecular weight excluding hydrogens is 569 g/mol. The Balaban J connectivity index is 1.18. The molecule has 2 unspecified atom stereocenters. The van der Waals surface area contributed by atoms with E-state index in [1.807, 2.05) is 42.6 Å². The molecule has 1 N–H and O–H groups in total. The quantitative estimate of drug-likeness (QED) is 0.301. The largest absolute Gasteiger partial charge is 0.448 e. The predicted molar refractivity (Wildman–Crippen MR) is 157 cm³/mol. The standard InChI is InChI=1S/C29H27Cl2N5O3S/c1-17-15-40-27(33-17)29(16-39-28(38)32-12-19-7-4-3-5-8-19)20-13-35(14-21(20)29)24-11-25(37)36(18(2)34-24)23-10-6-9-22(30)26(23)31/h3-11,15,20-21H,12-14,16H2,1-2H3,(H,32,38). The summed E-state index contributed by atoms with van der Waals surface area (Å²) in [6, 6.07) is 16.4. The van der Waals surface area contributed by atoms with Crippen molar-refractivity contribution >= 4 is 46.4 Å². The van der Waals surface area contributed by atoms with Gasteiger partial charge in [-0.1, -0.05) is 59.6 Å². The molecule has 1 saturated heterocycles. The second-order valence-corrected chi connectivity index (χ2v) is 11.9. The third-order valence-electron chi connectivity index (χ3n) is 7.84. The van der Waals surface area contributed by atoms with E-state index in [9.17, 15) is 9.59 Å². The molecule has 1 aliphatic carbocycles. The van der Waals surface area contributed by atoms with Crippen LogP contribution in [-0.2, 0) is 16.7 Å². The molecule has 1 saturated carbocycles. The highest BCUT2D eigenvalue weighted by molar-refractivity contribution is 7.09. The number of thiazole rings is 1. The minimum absolute atomic E-state index is 0.229. The summed E-state index contributed by atoms with van der Waals surface area (Å²) < 4.78 is 7.23. The van der Waals surface area contributed by atoms with E-state index in [0.717, 1.165) is 16.3 Å². The zero-order valence-electron chi connectivity index (χ0n) is 21.9. The fourth-order valence-corrected chi connectivity index (χ4v) is 7.28. The zero-order chi connectivity index (χ0) is 28.0. The number of carbonyl (C=O) groups excluding carboxylic acids is 1. The Kier molecular flexibility index (Phi) is 7.06. The first-order valence-corrected chi connectivity index (χ1v) is 14.6. The van der Waals surface area contributed by atoms with Crippen molar-refractivity contribution in [1.82, 2.24) is 19.9 Å². The van der Waals surface area contributed by atoms with Gasteiger partial charge in [0.15, 0.2) is 0 Å². The number of aryl methyl sites for hydroxylation is 2. The van der Waals surface area contributed by atoms with Crippen molar-refractivity contribution in [2.24, 2.45) is 11.8 Å². The molecule has 2 aromatic heterocycles. The number of amides is 1. The van der Waals surface area contributed by atoms with Gasteiger partial charge in [0.1, 0.15) is 23.3 Å². The van der Waals surface area contributed by atoms with Crippen LogP contribution in [-0.4, -0.2) is 40.3 Å². The van der Waals surface area contributed by atoms with Crippen LogP contribution >= 0.6 is 34.5 Å². The number of ether oxygens (including phenoxy) is 1. The van der Waals surface area contributed by atoms with Gasteiger partial charge in [0.2, 0.25) is 0 Å². The smallest absolute Gasteiger partial charge is 0.407 e. The zero-order valence-corrected chi connectivity index (χ0v) is 24.3. The van der Waals surface area contributed by atoms with Crippen molar-refractivity contribution in [2.45, 2.75) is 25.8 Å². The minimum Gasteiger partial charge on any atom is -0.448 e. The molecule has 2 fully saturated rings. The molecule has 1 aliphatic heterocycles. The molecule has 2 atom stereocenters. The molecule has 11 heteroatoms. The number of nitrogens with zero attached hydrogens (tertiary/aromatic N) is 4. The lowest BCUT2D eigenvalue weighted by Gasteiger charge is -2.27. The molecule has 0 bridgehead atoms. The maximum Gasteiger partial charge on any atom is 0.407 e. The first kappa shape index (κ1) is 26.8. The number of rotatable bonds is 7. The molecular formula is C29H27Cl2N5O3S. The highest BCUT2D eigenvalue weighted by atomic mass is 35.5. The van der Waals surface area contributed by atoms with Crippen molar-refractivity contribution in [3.63, 3.8) is 0 Å². The summed E-state index contributed by atoms with van der Waals surface area (Å²) in [5.41, 5.74) is 1.90. The highest BCUT2D eigenvalue weighted by Crippen LogP contribution is 2.64. The summed E-state index contributed by atoms with van der Waals surface area (Å²) in [5, 5.41) is 6.55. The van der Waals surface area contributed by atoms with Crippen LogP contribution in [0, 0.1) is 25.7 Å². The van der Waals surface area contributed by atoms with Crippen LogP contribution in [0.5, 0.6) is 0 Å². The van der Waals surface area contributed by atoms with E-state index >= 15 is 0 Å². The van der Waals surface area contributed by atoms with Crippen molar-refractivity contribution < 1.29 is 9.53 Å². The summed E-state index contributed by atoms with van der Waals surface area (Å²) in [7, 11) is 0. The van der Waals surface area contributed by atoms with Crippen LogP contribution in [0.3, 0.4) is 0 Å². The number of hydrogen-bond acceptors (Lipinski definition) is 7. The van der Waals surface area contributed by atoms with Gasteiger partial charge >= 0.3 is 6.09 Å². The molecule has 206 valence electrons. The molecule has 40 heavy (non-hydrogen) atoms. The third-order valence-corrected chi connectivity index (χ3v) is 9.80. The molecule has 0 radical (unpaired) electrons. The second-order valence-electron chi connectivity index (χ2n) is 10.3. The molecule has 0 spiro atoms. The van der Waals surface area contributed by atoms with Crippen molar-refractivity contribution in [1.29, 1.82) is 0 Å². The van der Waals surface area contributed by atoms with Gasteiger partial charge in [-0.3, -0.25) is 9.36 Å². The van der Waals surface area contributed by atoms with Crippen LogP contribution in [0.1, 0.15) is 22.1 Å². The predicted octanol–water partition coefficient (Wildman–Crippen LogP) is 5.54. The average Bonchev–Trinajstić information content (AvgIpc) is 3.26. The van der Waals surface area contributed by atoms with Gasteiger partial charge in [-0.05, 0) is 43.4 Å². The third kappa shape index (κ3) is 4.76. The van der Waals surface area contributed by atoms with Gasteiger partial charge in [0.05, 0.1) is 21.1 Å². The van der Waals surface area contributed by atoms with Crippen LogP contribution in [0.4, 0.5) is 10.6 Å². The Labute approximate surface area is 245 Å². The summed E-state index contributed by atoms with van der Waals surface area (Å²) in [6.07, 6.45) is -0.445. The number of anilines is 1. The molecule has 1 amide bonds. The number of nitrogens with one attached hydrogen (secondary N) is 1. The topological polar surface area (TPSA) is 89.4 Å². The monoisotopic (exact) mass is 595 g/mol. The maximum absolute atomic E-state index is 13.2. The molecule has 2 aliphatic rings. The number of benzene rings is 2. The van der Waals surface area contributed by atoms with E-state index in [1.54, 1.807) is 36.5 Å². The van der Waals surface area contributed by atoms with Crippen molar-refractivity contribution in [2.75, 3.05) is 24.6 Å². The van der Waals surface area contributed by atoms with Gasteiger partial charge in [0.25, 0.3) is 5.56 Å². The number of alkyl carbamates (subject to hydrolysis) is 1. The van der Waals surface area contributed by atoms with Crippen LogP contribution in [0.15, 0.2) is 64.8 Å². The van der Waals surface area contributed by atoms with Crippen molar-refractivity contribution in [3.05, 3.63) is 102 Å². The number of halogens is 2. The fourth-order valence-electron chi connectivity index (χ4n) is 5.79. The fraction of sp³-hybridized carbons (Fsp3) is 0.310. The summed E-state index contributed by atoms with van der Waals surface area (Å²) in [6.45, 7) is 5.78. The molecule has 2 aromatic carbocycles. The molecule has 6 rings (SSSR count). The number of carbonyl (C=O) groups is 1. The Morgan fingerprint density at radius 1 is 1.10 bits per heavy atom. The second kappa shape index (κ2) is 10.5. The lowest BCUT2D eigenvalue weighted by molar-refractivity contribution is 0.129. The van der Waals surface area contributed by atoms with Crippen LogP contribution in [0.2, 0.25) is 10.0 Å². The Morgan fingerprint density at radius 2 is 1.85 bits per heavy atom. The Bertz CT molecular complexity index is 1630. The number of piperidine rings is 1.